The maximum absolute atomic E-state index is 12.4. The molecule has 1 aromatic heterocycles. The van der Waals surface area contributed by atoms with Crippen LogP contribution >= 0.6 is 0 Å². The molecule has 3 aromatic rings. The van der Waals surface area contributed by atoms with Crippen LogP contribution in [0, 0.1) is 13.8 Å². The predicted molar refractivity (Wildman–Crippen MR) is 111 cm³/mol. The molecule has 0 aliphatic carbocycles. The van der Waals surface area contributed by atoms with Crippen molar-refractivity contribution in [2.45, 2.75) is 26.8 Å². The zero-order valence-corrected chi connectivity index (χ0v) is 17.1. The van der Waals surface area contributed by atoms with Crippen molar-refractivity contribution in [3.8, 4) is 17.2 Å². The molecule has 1 atom stereocenters. The van der Waals surface area contributed by atoms with E-state index in [0.29, 0.717) is 41.6 Å². The third-order valence-corrected chi connectivity index (χ3v) is 5.12. The van der Waals surface area contributed by atoms with E-state index in [4.69, 9.17) is 18.6 Å². The van der Waals surface area contributed by atoms with Gasteiger partial charge in [0.2, 0.25) is 0 Å². The van der Waals surface area contributed by atoms with E-state index in [0.717, 1.165) is 16.5 Å². The Labute approximate surface area is 173 Å². The Balaban J connectivity index is 1.42. The third kappa shape index (κ3) is 3.96. The van der Waals surface area contributed by atoms with Gasteiger partial charge >= 0.3 is 5.63 Å². The van der Waals surface area contributed by atoms with Crippen LogP contribution in [-0.2, 0) is 4.79 Å². The highest BCUT2D eigenvalue weighted by Gasteiger charge is 2.17. The van der Waals surface area contributed by atoms with Gasteiger partial charge in [0.15, 0.2) is 18.1 Å². The zero-order valence-electron chi connectivity index (χ0n) is 17.1. The molecule has 0 saturated carbocycles. The summed E-state index contributed by atoms with van der Waals surface area (Å²) < 4.78 is 22.1. The maximum Gasteiger partial charge on any atom is 0.336 e. The molecular weight excluding hydrogens is 386 g/mol. The number of nitrogens with one attached hydrogen (secondary N) is 1. The number of benzene rings is 2. The summed E-state index contributed by atoms with van der Waals surface area (Å²) in [5, 5.41) is 3.76. The molecule has 1 N–H and O–H groups in total. The number of ether oxygens (including phenoxy) is 3. The van der Waals surface area contributed by atoms with E-state index >= 15 is 0 Å². The number of hydrogen-bond acceptors (Lipinski definition) is 6. The summed E-state index contributed by atoms with van der Waals surface area (Å²) in [5.41, 5.74) is 2.49. The van der Waals surface area contributed by atoms with Gasteiger partial charge in [-0.1, -0.05) is 6.07 Å². The molecule has 156 valence electrons. The summed E-state index contributed by atoms with van der Waals surface area (Å²) in [6.45, 7) is 6.43. The fourth-order valence-corrected chi connectivity index (χ4v) is 3.50. The maximum atomic E-state index is 12.4. The summed E-state index contributed by atoms with van der Waals surface area (Å²) in [4.78, 5) is 24.1. The van der Waals surface area contributed by atoms with Gasteiger partial charge in [0.1, 0.15) is 24.5 Å². The lowest BCUT2D eigenvalue weighted by Crippen LogP contribution is -2.31. The highest BCUT2D eigenvalue weighted by Crippen LogP contribution is 2.32. The van der Waals surface area contributed by atoms with Crippen LogP contribution in [0.25, 0.3) is 11.0 Å². The van der Waals surface area contributed by atoms with Gasteiger partial charge in [0, 0.05) is 17.0 Å². The van der Waals surface area contributed by atoms with Crippen LogP contribution in [0.15, 0.2) is 45.6 Å². The van der Waals surface area contributed by atoms with Crippen molar-refractivity contribution >= 4 is 16.9 Å². The van der Waals surface area contributed by atoms with Crippen molar-refractivity contribution in [3.05, 3.63) is 63.5 Å². The molecule has 1 amide bonds. The first kappa shape index (κ1) is 19.8. The molecule has 2 aromatic carbocycles. The molecule has 4 rings (SSSR count). The first-order chi connectivity index (χ1) is 14.4. The Morgan fingerprint density at radius 2 is 1.87 bits per heavy atom. The molecule has 7 nitrogen and oxygen atoms in total. The van der Waals surface area contributed by atoms with Crippen molar-refractivity contribution in [1.29, 1.82) is 0 Å². The van der Waals surface area contributed by atoms with E-state index in [-0.39, 0.29) is 18.6 Å². The number of carbonyl (C=O) groups is 1. The topological polar surface area (TPSA) is 87.0 Å². The minimum absolute atomic E-state index is 0.155. The summed E-state index contributed by atoms with van der Waals surface area (Å²) >= 11 is 0. The van der Waals surface area contributed by atoms with E-state index in [1.807, 2.05) is 38.1 Å². The normalized spacial score (nSPS) is 13.7. The van der Waals surface area contributed by atoms with Crippen molar-refractivity contribution in [2.24, 2.45) is 0 Å². The summed E-state index contributed by atoms with van der Waals surface area (Å²) in [7, 11) is 0. The fourth-order valence-electron chi connectivity index (χ4n) is 3.50. The molecular formula is C23H23NO6. The Morgan fingerprint density at radius 1 is 1.10 bits per heavy atom. The highest BCUT2D eigenvalue weighted by molar-refractivity contribution is 5.85. The molecule has 0 spiro atoms. The van der Waals surface area contributed by atoms with Gasteiger partial charge in [-0.15, -0.1) is 0 Å². The lowest BCUT2D eigenvalue weighted by Gasteiger charge is -2.21. The van der Waals surface area contributed by atoms with Crippen LogP contribution in [-0.4, -0.2) is 25.7 Å². The summed E-state index contributed by atoms with van der Waals surface area (Å²) in [6, 6.07) is 10.4. The van der Waals surface area contributed by atoms with Gasteiger partial charge in [-0.2, -0.15) is 0 Å². The minimum atomic E-state index is -0.411. The average Bonchev–Trinajstić information content (AvgIpc) is 2.73. The first-order valence-corrected chi connectivity index (χ1v) is 9.78. The smallest absolute Gasteiger partial charge is 0.336 e. The van der Waals surface area contributed by atoms with Gasteiger partial charge in [0.25, 0.3) is 5.91 Å². The van der Waals surface area contributed by atoms with Crippen LogP contribution in [0.4, 0.5) is 0 Å². The van der Waals surface area contributed by atoms with E-state index in [2.05, 4.69) is 5.32 Å². The molecule has 2 heterocycles. The monoisotopic (exact) mass is 409 g/mol. The second-order valence-corrected chi connectivity index (χ2v) is 7.29. The molecule has 0 bridgehead atoms. The highest BCUT2D eigenvalue weighted by atomic mass is 16.6. The van der Waals surface area contributed by atoms with Crippen LogP contribution in [0.2, 0.25) is 0 Å². The Kier molecular flexibility index (Phi) is 5.35. The number of rotatable bonds is 5. The number of amides is 1. The van der Waals surface area contributed by atoms with Crippen molar-refractivity contribution < 1.29 is 23.4 Å². The van der Waals surface area contributed by atoms with E-state index in [1.54, 1.807) is 13.0 Å². The molecule has 1 aliphatic heterocycles. The Hall–Kier alpha value is -3.48. The van der Waals surface area contributed by atoms with Gasteiger partial charge in [0.05, 0.1) is 6.04 Å². The van der Waals surface area contributed by atoms with Gasteiger partial charge in [-0.25, -0.2) is 4.79 Å². The van der Waals surface area contributed by atoms with E-state index < -0.39 is 5.63 Å². The second kappa shape index (κ2) is 8.10. The van der Waals surface area contributed by atoms with Crippen molar-refractivity contribution in [3.63, 3.8) is 0 Å². The summed E-state index contributed by atoms with van der Waals surface area (Å²) in [5.74, 6) is 1.63. The predicted octanol–water partition coefficient (Wildman–Crippen LogP) is 3.44. The Bertz CT molecular complexity index is 1170. The summed E-state index contributed by atoms with van der Waals surface area (Å²) in [6.07, 6.45) is 0. The number of carbonyl (C=O) groups excluding carboxylic acids is 1. The molecule has 0 fully saturated rings. The lowest BCUT2D eigenvalue weighted by molar-refractivity contribution is -0.123. The lowest BCUT2D eigenvalue weighted by atomic mass is 10.1. The SMILES string of the molecule is Cc1cc(=O)oc2c(C)c(OCC(=O)N[C@H](C)c3ccc4c(c3)OCCO4)ccc12. The molecule has 1 aliphatic rings. The van der Waals surface area contributed by atoms with E-state index in [9.17, 15) is 9.59 Å². The zero-order chi connectivity index (χ0) is 21.3. The van der Waals surface area contributed by atoms with Crippen LogP contribution in [0.1, 0.15) is 29.7 Å². The molecule has 0 saturated heterocycles. The number of fused-ring (bicyclic) bond motifs is 2. The quantitative estimate of drug-likeness (QED) is 0.650. The first-order valence-electron chi connectivity index (χ1n) is 9.78. The average molecular weight is 409 g/mol. The van der Waals surface area contributed by atoms with Gasteiger partial charge in [-0.05, 0) is 56.2 Å². The van der Waals surface area contributed by atoms with Crippen LogP contribution in [0.3, 0.4) is 0 Å². The molecule has 0 radical (unpaired) electrons. The standard InChI is InChI=1S/C23H23NO6/c1-13-10-22(26)30-23-14(2)18(7-5-17(13)23)29-12-21(25)24-15(3)16-4-6-19-20(11-16)28-9-8-27-19/h4-7,10-11,15H,8-9,12H2,1-3H3,(H,24,25)/t15-/m1/s1. The van der Waals surface area contributed by atoms with Crippen molar-refractivity contribution in [1.82, 2.24) is 5.32 Å². The van der Waals surface area contributed by atoms with Crippen LogP contribution in [0.5, 0.6) is 17.2 Å². The third-order valence-electron chi connectivity index (χ3n) is 5.12. The largest absolute Gasteiger partial charge is 0.486 e. The molecule has 0 unspecified atom stereocenters. The molecule has 30 heavy (non-hydrogen) atoms. The number of aryl methyl sites for hydroxylation is 2. The minimum Gasteiger partial charge on any atom is -0.486 e. The van der Waals surface area contributed by atoms with Gasteiger partial charge < -0.3 is 23.9 Å². The number of hydrogen-bond donors (Lipinski definition) is 1. The van der Waals surface area contributed by atoms with Gasteiger partial charge in [-0.3, -0.25) is 4.79 Å². The molecule has 7 heteroatoms. The van der Waals surface area contributed by atoms with Crippen LogP contribution < -0.4 is 25.2 Å². The fraction of sp³-hybridized carbons (Fsp3) is 0.304. The second-order valence-electron chi connectivity index (χ2n) is 7.29. The van der Waals surface area contributed by atoms with E-state index in [1.165, 1.54) is 6.07 Å². The van der Waals surface area contributed by atoms with Crippen molar-refractivity contribution in [2.75, 3.05) is 19.8 Å². The Morgan fingerprint density at radius 3 is 2.67 bits per heavy atom.